The maximum absolute atomic E-state index is 14.0. The van der Waals surface area contributed by atoms with Crippen LogP contribution in [0.25, 0.3) is 11.1 Å². The van der Waals surface area contributed by atoms with Gasteiger partial charge in [0.2, 0.25) is 0 Å². The van der Waals surface area contributed by atoms with Crippen LogP contribution in [-0.4, -0.2) is 58.0 Å². The first-order valence-corrected chi connectivity index (χ1v) is 13.6. The molecule has 3 aromatic carbocycles. The third-order valence-electron chi connectivity index (χ3n) is 7.23. The van der Waals surface area contributed by atoms with Crippen molar-refractivity contribution in [3.05, 3.63) is 89.1 Å². The predicted octanol–water partition coefficient (Wildman–Crippen LogP) is 5.02. The molecule has 0 aliphatic heterocycles. The number of hydrogen-bond donors (Lipinski definition) is 1. The van der Waals surface area contributed by atoms with Crippen molar-refractivity contribution in [2.24, 2.45) is 16.6 Å². The molecular weight excluding hydrogens is 534 g/mol. The van der Waals surface area contributed by atoms with Gasteiger partial charge in [-0.15, -0.1) is 0 Å². The lowest BCUT2D eigenvalue weighted by Crippen LogP contribution is -2.35. The molecule has 0 radical (unpaired) electrons. The fraction of sp³-hybridized carbons (Fsp3) is 0.303. The summed E-state index contributed by atoms with van der Waals surface area (Å²) in [7, 11) is 7.71. The highest BCUT2D eigenvalue weighted by Crippen LogP contribution is 2.36. The van der Waals surface area contributed by atoms with Crippen LogP contribution in [0, 0.1) is 5.92 Å². The van der Waals surface area contributed by atoms with Gasteiger partial charge in [0.1, 0.15) is 23.0 Å². The molecular formula is C33H37N3O6. The number of carbonyl (C=O) groups is 2. The maximum Gasteiger partial charge on any atom is 0.337 e. The van der Waals surface area contributed by atoms with E-state index in [9.17, 15) is 9.59 Å². The van der Waals surface area contributed by atoms with E-state index in [-0.39, 0.29) is 24.7 Å². The number of allylic oxidation sites excluding steroid dienone is 1. The Morgan fingerprint density at radius 3 is 2.24 bits per heavy atom. The summed E-state index contributed by atoms with van der Waals surface area (Å²) in [6.07, 6.45) is 3.73. The molecule has 0 bridgehead atoms. The summed E-state index contributed by atoms with van der Waals surface area (Å²) in [6, 6.07) is 18.4. The van der Waals surface area contributed by atoms with Crippen molar-refractivity contribution in [1.82, 2.24) is 4.90 Å². The zero-order chi connectivity index (χ0) is 30.2. The molecule has 9 heteroatoms. The molecule has 0 heterocycles. The Hall–Kier alpha value is -4.79. The minimum absolute atomic E-state index is 0.224. The highest BCUT2D eigenvalue weighted by atomic mass is 16.5. The van der Waals surface area contributed by atoms with Gasteiger partial charge in [-0.05, 0) is 54.7 Å². The standard InChI is InChI=1S/C33H37N3O6/c1-35-29(18-28(34)22-11-12-22)32(37)36(19-24-15-16-26(39-2)17-30(24)40-3)20-25-7-6-8-27(31(25)41-4)21-9-13-23(14-10-21)33(38)42-5/h6-10,13-18,22H,11-12,19-20,34H2,1-5H3/b28-18-,35-29?. The molecule has 0 unspecified atom stereocenters. The summed E-state index contributed by atoms with van der Waals surface area (Å²) in [5.74, 6) is 1.49. The molecule has 9 nitrogen and oxygen atoms in total. The number of nitrogens with zero attached hydrogens (tertiary/aromatic N) is 2. The van der Waals surface area contributed by atoms with Crippen LogP contribution >= 0.6 is 0 Å². The fourth-order valence-electron chi connectivity index (χ4n) is 4.75. The number of methoxy groups -OCH3 is 4. The summed E-state index contributed by atoms with van der Waals surface area (Å²) in [6.45, 7) is 0.463. The van der Waals surface area contributed by atoms with Gasteiger partial charge in [-0.1, -0.05) is 30.3 Å². The van der Waals surface area contributed by atoms with Crippen molar-refractivity contribution in [1.29, 1.82) is 0 Å². The van der Waals surface area contributed by atoms with Crippen molar-refractivity contribution in [2.45, 2.75) is 25.9 Å². The van der Waals surface area contributed by atoms with Gasteiger partial charge in [0, 0.05) is 35.5 Å². The number of para-hydroxylation sites is 1. The van der Waals surface area contributed by atoms with Gasteiger partial charge in [-0.3, -0.25) is 9.79 Å². The summed E-state index contributed by atoms with van der Waals surface area (Å²) >= 11 is 0. The summed E-state index contributed by atoms with van der Waals surface area (Å²) in [5, 5.41) is 0. The highest BCUT2D eigenvalue weighted by molar-refractivity contribution is 6.43. The first-order valence-electron chi connectivity index (χ1n) is 13.6. The highest BCUT2D eigenvalue weighted by Gasteiger charge is 2.27. The largest absolute Gasteiger partial charge is 0.497 e. The fourth-order valence-corrected chi connectivity index (χ4v) is 4.75. The van der Waals surface area contributed by atoms with Crippen molar-refractivity contribution >= 4 is 17.6 Å². The van der Waals surface area contributed by atoms with Crippen molar-refractivity contribution in [3.8, 4) is 28.4 Å². The zero-order valence-electron chi connectivity index (χ0n) is 24.7. The second-order valence-corrected chi connectivity index (χ2v) is 9.93. The van der Waals surface area contributed by atoms with Gasteiger partial charge in [-0.25, -0.2) is 4.79 Å². The molecule has 1 amide bonds. The molecule has 42 heavy (non-hydrogen) atoms. The predicted molar refractivity (Wildman–Crippen MR) is 162 cm³/mol. The van der Waals surface area contributed by atoms with Crippen LogP contribution in [0.2, 0.25) is 0 Å². The molecule has 3 aromatic rings. The van der Waals surface area contributed by atoms with Gasteiger partial charge in [-0.2, -0.15) is 0 Å². The van der Waals surface area contributed by atoms with E-state index in [4.69, 9.17) is 24.7 Å². The number of aliphatic imine (C=N–C) groups is 1. The number of rotatable bonds is 12. The average molecular weight is 572 g/mol. The lowest BCUT2D eigenvalue weighted by Gasteiger charge is -2.26. The number of carbonyl (C=O) groups excluding carboxylic acids is 2. The van der Waals surface area contributed by atoms with Crippen LogP contribution in [-0.2, 0) is 22.6 Å². The number of esters is 1. The lowest BCUT2D eigenvalue weighted by molar-refractivity contribution is -0.125. The number of nitrogens with two attached hydrogens (primary N) is 1. The van der Waals surface area contributed by atoms with Crippen molar-refractivity contribution in [2.75, 3.05) is 35.5 Å². The average Bonchev–Trinajstić information content (AvgIpc) is 3.88. The molecule has 0 saturated heterocycles. The molecule has 0 aromatic heterocycles. The Kier molecular flexibility index (Phi) is 9.85. The second-order valence-electron chi connectivity index (χ2n) is 9.93. The van der Waals surface area contributed by atoms with Crippen LogP contribution in [0.5, 0.6) is 17.2 Å². The summed E-state index contributed by atoms with van der Waals surface area (Å²) in [5.41, 5.74) is 10.9. The normalized spacial score (nSPS) is 13.4. The molecule has 0 spiro atoms. The minimum atomic E-state index is -0.407. The number of amides is 1. The molecule has 1 saturated carbocycles. The van der Waals surface area contributed by atoms with Crippen LogP contribution in [0.15, 0.2) is 77.4 Å². The molecule has 2 N–H and O–H groups in total. The second kappa shape index (κ2) is 13.7. The Morgan fingerprint density at radius 1 is 0.929 bits per heavy atom. The van der Waals surface area contributed by atoms with E-state index in [1.165, 1.54) is 7.11 Å². The van der Waals surface area contributed by atoms with Gasteiger partial charge in [0.25, 0.3) is 5.91 Å². The van der Waals surface area contributed by atoms with E-state index in [0.29, 0.717) is 34.4 Å². The van der Waals surface area contributed by atoms with Gasteiger partial charge in [0.05, 0.1) is 47.1 Å². The molecule has 4 rings (SSSR count). The Bertz CT molecular complexity index is 1490. The van der Waals surface area contributed by atoms with Crippen LogP contribution in [0.4, 0.5) is 0 Å². The summed E-state index contributed by atoms with van der Waals surface area (Å²) in [4.78, 5) is 31.9. The smallest absolute Gasteiger partial charge is 0.337 e. The molecule has 220 valence electrons. The Balaban J connectivity index is 1.73. The van der Waals surface area contributed by atoms with Gasteiger partial charge < -0.3 is 29.6 Å². The van der Waals surface area contributed by atoms with Crippen LogP contribution in [0.3, 0.4) is 0 Å². The maximum atomic E-state index is 14.0. The molecule has 0 atom stereocenters. The third-order valence-corrected chi connectivity index (χ3v) is 7.23. The van der Waals surface area contributed by atoms with E-state index in [1.807, 2.05) is 42.5 Å². The summed E-state index contributed by atoms with van der Waals surface area (Å²) < 4.78 is 21.7. The van der Waals surface area contributed by atoms with E-state index in [2.05, 4.69) is 4.99 Å². The van der Waals surface area contributed by atoms with E-state index in [1.54, 1.807) is 57.6 Å². The van der Waals surface area contributed by atoms with Gasteiger partial charge >= 0.3 is 5.97 Å². The third kappa shape index (κ3) is 6.91. The monoisotopic (exact) mass is 571 g/mol. The Labute approximate surface area is 246 Å². The molecule has 1 fully saturated rings. The van der Waals surface area contributed by atoms with Crippen molar-refractivity contribution < 1.29 is 28.5 Å². The van der Waals surface area contributed by atoms with Crippen LogP contribution < -0.4 is 19.9 Å². The van der Waals surface area contributed by atoms with Gasteiger partial charge in [0.15, 0.2) is 0 Å². The first-order chi connectivity index (χ1) is 20.3. The minimum Gasteiger partial charge on any atom is -0.497 e. The SMILES string of the molecule is CN=C(/C=C(\N)C1CC1)C(=O)N(Cc1ccc(OC)cc1OC)Cc1cccc(-c2ccc(C(=O)OC)cc2)c1OC. The number of ether oxygens (including phenoxy) is 4. The molecule has 1 aliphatic carbocycles. The Morgan fingerprint density at radius 2 is 1.64 bits per heavy atom. The topological polar surface area (TPSA) is 113 Å². The van der Waals surface area contributed by atoms with E-state index >= 15 is 0 Å². The number of benzene rings is 3. The first kappa shape index (κ1) is 30.2. The van der Waals surface area contributed by atoms with E-state index in [0.717, 1.165) is 35.1 Å². The lowest BCUT2D eigenvalue weighted by atomic mass is 9.99. The molecule has 1 aliphatic rings. The van der Waals surface area contributed by atoms with E-state index < -0.39 is 5.97 Å². The zero-order valence-corrected chi connectivity index (χ0v) is 24.7. The quantitative estimate of drug-likeness (QED) is 0.240. The van der Waals surface area contributed by atoms with Crippen molar-refractivity contribution in [3.63, 3.8) is 0 Å². The number of hydrogen-bond acceptors (Lipinski definition) is 8. The van der Waals surface area contributed by atoms with Crippen LogP contribution in [0.1, 0.15) is 34.3 Å².